The zero-order valence-electron chi connectivity index (χ0n) is 9.10. The molecule has 0 aliphatic rings. The van der Waals surface area contributed by atoms with Crippen LogP contribution >= 0.6 is 27.5 Å². The lowest BCUT2D eigenvalue weighted by Gasteiger charge is -2.07. The minimum Gasteiger partial charge on any atom is -0.332 e. The molecule has 98 valence electrons. The summed E-state index contributed by atoms with van der Waals surface area (Å²) in [5.74, 6) is -0.760. The van der Waals surface area contributed by atoms with Gasteiger partial charge < -0.3 is 5.32 Å². The molecule has 19 heavy (non-hydrogen) atoms. The molecule has 0 spiro atoms. The Morgan fingerprint density at radius 3 is 2.84 bits per heavy atom. The zero-order chi connectivity index (χ0) is 14.0. The first kappa shape index (κ1) is 13.6. The molecule has 1 aromatic carbocycles. The summed E-state index contributed by atoms with van der Waals surface area (Å²) >= 11 is 8.67. The molecular weight excluding hydrogens is 342 g/mol. The monoisotopic (exact) mass is 346 g/mol. The van der Waals surface area contributed by atoms with Crippen molar-refractivity contribution in [1.82, 2.24) is 9.97 Å². The fourth-order valence-corrected chi connectivity index (χ4v) is 1.76. The maximum absolute atomic E-state index is 13.6. The van der Waals surface area contributed by atoms with Gasteiger partial charge in [-0.2, -0.15) is 4.98 Å². The molecule has 2 rings (SSSR count). The van der Waals surface area contributed by atoms with E-state index in [1.54, 1.807) is 6.07 Å². The molecule has 1 aromatic heterocycles. The number of anilines is 2. The summed E-state index contributed by atoms with van der Waals surface area (Å²) in [6.07, 6.45) is 0.953. The van der Waals surface area contributed by atoms with Gasteiger partial charge in [0, 0.05) is 4.47 Å². The molecule has 1 N–H and O–H groups in total. The number of nitro groups is 1. The van der Waals surface area contributed by atoms with Gasteiger partial charge in [0.1, 0.15) is 12.0 Å². The molecule has 0 aliphatic heterocycles. The third kappa shape index (κ3) is 3.15. The Kier molecular flexibility index (Phi) is 3.91. The smallest absolute Gasteiger partial charge is 0.329 e. The normalized spacial score (nSPS) is 10.3. The molecule has 0 saturated carbocycles. The van der Waals surface area contributed by atoms with Crippen molar-refractivity contribution < 1.29 is 9.31 Å². The van der Waals surface area contributed by atoms with Crippen LogP contribution in [0.1, 0.15) is 0 Å². The number of nitrogens with zero attached hydrogens (tertiary/aromatic N) is 3. The molecule has 9 heteroatoms. The number of hydrogen-bond acceptors (Lipinski definition) is 5. The van der Waals surface area contributed by atoms with Gasteiger partial charge in [0.25, 0.3) is 0 Å². The van der Waals surface area contributed by atoms with Crippen molar-refractivity contribution in [3.63, 3.8) is 0 Å². The van der Waals surface area contributed by atoms with Gasteiger partial charge >= 0.3 is 5.69 Å². The molecule has 0 aliphatic carbocycles. The first-order valence-corrected chi connectivity index (χ1v) is 6.03. The van der Waals surface area contributed by atoms with E-state index in [0.29, 0.717) is 4.47 Å². The summed E-state index contributed by atoms with van der Waals surface area (Å²) < 4.78 is 14.2. The van der Waals surface area contributed by atoms with Gasteiger partial charge in [-0.1, -0.05) is 15.9 Å². The van der Waals surface area contributed by atoms with Gasteiger partial charge in [0.2, 0.25) is 11.1 Å². The molecule has 0 amide bonds. The predicted octanol–water partition coefficient (Wildman–Crippen LogP) is 3.68. The highest BCUT2D eigenvalue weighted by atomic mass is 79.9. The minimum atomic E-state index is -0.685. The maximum atomic E-state index is 13.6. The molecule has 0 unspecified atom stereocenters. The Morgan fingerprint density at radius 2 is 2.21 bits per heavy atom. The third-order valence-electron chi connectivity index (χ3n) is 2.12. The van der Waals surface area contributed by atoms with Crippen molar-refractivity contribution in [2.75, 3.05) is 5.32 Å². The van der Waals surface area contributed by atoms with Crippen LogP contribution < -0.4 is 5.32 Å². The minimum absolute atomic E-state index is 0.0427. The Bertz CT molecular complexity index is 655. The maximum Gasteiger partial charge on any atom is 0.329 e. The summed E-state index contributed by atoms with van der Waals surface area (Å²) in [7, 11) is 0. The Morgan fingerprint density at radius 1 is 1.47 bits per heavy atom. The van der Waals surface area contributed by atoms with Gasteiger partial charge in [-0.15, -0.1) is 0 Å². The van der Waals surface area contributed by atoms with Gasteiger partial charge in [-0.05, 0) is 29.8 Å². The Balaban J connectivity index is 2.42. The fourth-order valence-electron chi connectivity index (χ4n) is 1.30. The van der Waals surface area contributed by atoms with E-state index in [2.05, 4.69) is 31.2 Å². The van der Waals surface area contributed by atoms with Crippen LogP contribution in [-0.2, 0) is 0 Å². The number of benzene rings is 1. The number of hydrogen-bond donors (Lipinski definition) is 1. The topological polar surface area (TPSA) is 81.0 Å². The third-order valence-corrected chi connectivity index (χ3v) is 2.80. The largest absolute Gasteiger partial charge is 0.332 e. The van der Waals surface area contributed by atoms with Crippen molar-refractivity contribution in [2.24, 2.45) is 0 Å². The predicted molar refractivity (Wildman–Crippen MR) is 71.1 cm³/mol. The average molecular weight is 348 g/mol. The standard InChI is InChI=1S/C10H5BrClFN4O2/c11-5-1-2-7(6(13)3-5)15-9-8(17(18)19)4-14-10(12)16-9/h1-4H,(H,14,15,16). The number of aromatic nitrogens is 2. The second-order valence-corrected chi connectivity index (χ2v) is 4.63. The van der Waals surface area contributed by atoms with Crippen molar-refractivity contribution >= 4 is 44.7 Å². The van der Waals surface area contributed by atoms with Crippen molar-refractivity contribution in [2.45, 2.75) is 0 Å². The van der Waals surface area contributed by atoms with Gasteiger partial charge in [0.05, 0.1) is 10.6 Å². The highest BCUT2D eigenvalue weighted by Crippen LogP contribution is 2.28. The van der Waals surface area contributed by atoms with E-state index in [1.165, 1.54) is 12.1 Å². The van der Waals surface area contributed by atoms with Gasteiger partial charge in [-0.25, -0.2) is 9.37 Å². The van der Waals surface area contributed by atoms with E-state index in [1.807, 2.05) is 0 Å². The summed E-state index contributed by atoms with van der Waals surface area (Å²) in [5, 5.41) is 13.1. The molecule has 0 bridgehead atoms. The van der Waals surface area contributed by atoms with Crippen molar-refractivity contribution in [3.05, 3.63) is 50.1 Å². The highest BCUT2D eigenvalue weighted by Gasteiger charge is 2.18. The summed E-state index contributed by atoms with van der Waals surface area (Å²) in [4.78, 5) is 17.3. The van der Waals surface area contributed by atoms with Crippen LogP contribution in [-0.4, -0.2) is 14.9 Å². The lowest BCUT2D eigenvalue weighted by atomic mass is 10.3. The van der Waals surface area contributed by atoms with E-state index in [4.69, 9.17) is 11.6 Å². The lowest BCUT2D eigenvalue weighted by molar-refractivity contribution is -0.384. The fraction of sp³-hybridized carbons (Fsp3) is 0. The molecular formula is C10H5BrClFN4O2. The van der Waals surface area contributed by atoms with Gasteiger partial charge in [0.15, 0.2) is 0 Å². The van der Waals surface area contributed by atoms with E-state index < -0.39 is 16.4 Å². The summed E-state index contributed by atoms with van der Waals surface area (Å²) in [6.45, 7) is 0. The van der Waals surface area contributed by atoms with Crippen LogP contribution in [0.3, 0.4) is 0 Å². The molecule has 6 nitrogen and oxygen atoms in total. The SMILES string of the molecule is O=[N+]([O-])c1cnc(Cl)nc1Nc1ccc(Br)cc1F. The van der Waals surface area contributed by atoms with Crippen LogP contribution in [0.2, 0.25) is 5.28 Å². The number of halogens is 3. The van der Waals surface area contributed by atoms with Gasteiger partial charge in [-0.3, -0.25) is 10.1 Å². The molecule has 0 atom stereocenters. The number of rotatable bonds is 3. The lowest BCUT2D eigenvalue weighted by Crippen LogP contribution is -2.02. The first-order chi connectivity index (χ1) is 8.97. The first-order valence-electron chi connectivity index (χ1n) is 4.86. The van der Waals surface area contributed by atoms with Crippen LogP contribution in [0, 0.1) is 15.9 Å². The quantitative estimate of drug-likeness (QED) is 0.520. The van der Waals surface area contributed by atoms with E-state index in [0.717, 1.165) is 6.20 Å². The molecule has 2 aromatic rings. The molecule has 0 radical (unpaired) electrons. The number of nitrogens with one attached hydrogen (secondary N) is 1. The molecule has 1 heterocycles. The zero-order valence-corrected chi connectivity index (χ0v) is 11.4. The summed E-state index contributed by atoms with van der Waals surface area (Å²) in [6, 6.07) is 4.22. The Hall–Kier alpha value is -1.80. The summed E-state index contributed by atoms with van der Waals surface area (Å²) in [5.41, 5.74) is -0.354. The van der Waals surface area contributed by atoms with Crippen LogP contribution in [0.15, 0.2) is 28.9 Å². The highest BCUT2D eigenvalue weighted by molar-refractivity contribution is 9.10. The van der Waals surface area contributed by atoms with Crippen LogP contribution in [0.5, 0.6) is 0 Å². The van der Waals surface area contributed by atoms with E-state index in [9.17, 15) is 14.5 Å². The van der Waals surface area contributed by atoms with Crippen LogP contribution in [0.25, 0.3) is 0 Å². The van der Waals surface area contributed by atoms with Crippen LogP contribution in [0.4, 0.5) is 21.6 Å². The Labute approximate surface area is 119 Å². The second-order valence-electron chi connectivity index (χ2n) is 3.38. The van der Waals surface area contributed by atoms with Crippen molar-refractivity contribution in [1.29, 1.82) is 0 Å². The molecule has 0 fully saturated rings. The second kappa shape index (κ2) is 5.45. The average Bonchev–Trinajstić information content (AvgIpc) is 2.32. The van der Waals surface area contributed by atoms with E-state index in [-0.39, 0.29) is 16.8 Å². The molecule has 0 saturated heterocycles. The van der Waals surface area contributed by atoms with E-state index >= 15 is 0 Å². The van der Waals surface area contributed by atoms with Crippen molar-refractivity contribution in [3.8, 4) is 0 Å².